The van der Waals surface area contributed by atoms with Crippen molar-refractivity contribution in [1.82, 2.24) is 0 Å². The number of rotatable bonds is 4. The minimum Gasteiger partial charge on any atom is -0.394 e. The van der Waals surface area contributed by atoms with Gasteiger partial charge in [0.15, 0.2) is 5.78 Å². The molecule has 4 nitrogen and oxygen atoms in total. The fourth-order valence-corrected chi connectivity index (χ4v) is 0.422. The van der Waals surface area contributed by atoms with Gasteiger partial charge in [0.2, 0.25) is 5.78 Å². The summed E-state index contributed by atoms with van der Waals surface area (Å²) >= 11 is 0. The second-order valence-electron chi connectivity index (χ2n) is 2.02. The fourth-order valence-electron chi connectivity index (χ4n) is 0.422. The summed E-state index contributed by atoms with van der Waals surface area (Å²) in [6.45, 7) is 0.644. The molecule has 0 heterocycles. The van der Waals surface area contributed by atoms with Gasteiger partial charge in [-0.05, 0) is 0 Å². The van der Waals surface area contributed by atoms with E-state index in [1.807, 2.05) is 0 Å². The average molecular weight is 146 g/mol. The standard InChI is InChI=1S/C6H10O4/c1-4(8)6(10)2-5(9)3-7/h5,7,9H,2-3H2,1H3/t5-/m0/s1. The molecule has 0 aromatic rings. The van der Waals surface area contributed by atoms with Crippen molar-refractivity contribution in [3.63, 3.8) is 0 Å². The minimum absolute atomic E-state index is 0.286. The molecular weight excluding hydrogens is 136 g/mol. The Morgan fingerprint density at radius 1 is 1.50 bits per heavy atom. The van der Waals surface area contributed by atoms with E-state index in [4.69, 9.17) is 10.2 Å². The zero-order valence-electron chi connectivity index (χ0n) is 5.70. The van der Waals surface area contributed by atoms with Crippen LogP contribution >= 0.6 is 0 Å². The van der Waals surface area contributed by atoms with Crippen LogP contribution in [0.5, 0.6) is 0 Å². The van der Waals surface area contributed by atoms with Crippen molar-refractivity contribution < 1.29 is 19.8 Å². The summed E-state index contributed by atoms with van der Waals surface area (Å²) in [6, 6.07) is 0. The number of carbonyl (C=O) groups excluding carboxylic acids is 2. The predicted octanol–water partition coefficient (Wildman–Crippen LogP) is -1.11. The van der Waals surface area contributed by atoms with Gasteiger partial charge in [0.05, 0.1) is 12.7 Å². The molecule has 10 heavy (non-hydrogen) atoms. The smallest absolute Gasteiger partial charge is 0.200 e. The van der Waals surface area contributed by atoms with Gasteiger partial charge in [-0.2, -0.15) is 0 Å². The molecule has 0 radical (unpaired) electrons. The third kappa shape index (κ3) is 3.32. The summed E-state index contributed by atoms with van der Waals surface area (Å²) < 4.78 is 0. The second-order valence-corrected chi connectivity index (χ2v) is 2.02. The van der Waals surface area contributed by atoms with Crippen LogP contribution in [0.4, 0.5) is 0 Å². The second kappa shape index (κ2) is 4.14. The number of ketones is 2. The summed E-state index contributed by atoms with van der Waals surface area (Å²) in [4.78, 5) is 20.7. The molecule has 0 aliphatic carbocycles. The van der Waals surface area contributed by atoms with Gasteiger partial charge in [0, 0.05) is 13.3 Å². The Kier molecular flexibility index (Phi) is 3.83. The van der Waals surface area contributed by atoms with Gasteiger partial charge < -0.3 is 10.2 Å². The predicted molar refractivity (Wildman–Crippen MR) is 33.4 cm³/mol. The van der Waals surface area contributed by atoms with Crippen molar-refractivity contribution >= 4 is 11.6 Å². The number of carbonyl (C=O) groups is 2. The maximum absolute atomic E-state index is 10.5. The first-order valence-electron chi connectivity index (χ1n) is 2.90. The van der Waals surface area contributed by atoms with E-state index in [9.17, 15) is 9.59 Å². The minimum atomic E-state index is -1.10. The Bertz CT molecular complexity index is 141. The molecule has 2 N–H and O–H groups in total. The Labute approximate surface area is 58.5 Å². The molecule has 0 amide bonds. The molecule has 1 atom stereocenters. The van der Waals surface area contributed by atoms with Crippen LogP contribution < -0.4 is 0 Å². The van der Waals surface area contributed by atoms with Gasteiger partial charge in [-0.1, -0.05) is 0 Å². The van der Waals surface area contributed by atoms with Crippen molar-refractivity contribution in [2.45, 2.75) is 19.4 Å². The zero-order chi connectivity index (χ0) is 8.15. The molecular formula is C6H10O4. The van der Waals surface area contributed by atoms with Gasteiger partial charge in [0.1, 0.15) is 0 Å². The molecule has 0 rings (SSSR count). The van der Waals surface area contributed by atoms with E-state index in [0.29, 0.717) is 0 Å². The lowest BCUT2D eigenvalue weighted by atomic mass is 10.1. The lowest BCUT2D eigenvalue weighted by Crippen LogP contribution is -2.21. The fraction of sp³-hybridized carbons (Fsp3) is 0.667. The maximum Gasteiger partial charge on any atom is 0.200 e. The highest BCUT2D eigenvalue weighted by Gasteiger charge is 2.12. The normalized spacial score (nSPS) is 12.7. The Balaban J connectivity index is 3.68. The van der Waals surface area contributed by atoms with Crippen LogP contribution in [-0.4, -0.2) is 34.5 Å². The molecule has 0 aromatic heterocycles. The van der Waals surface area contributed by atoms with Gasteiger partial charge in [-0.3, -0.25) is 9.59 Å². The van der Waals surface area contributed by atoms with Crippen LogP contribution in [0.2, 0.25) is 0 Å². The first-order chi connectivity index (χ1) is 4.57. The van der Waals surface area contributed by atoms with E-state index in [-0.39, 0.29) is 6.42 Å². The van der Waals surface area contributed by atoms with E-state index in [1.54, 1.807) is 0 Å². The van der Waals surface area contributed by atoms with Gasteiger partial charge in [0.25, 0.3) is 0 Å². The summed E-state index contributed by atoms with van der Waals surface area (Å²) in [5, 5.41) is 16.9. The molecule has 0 unspecified atom stereocenters. The third-order valence-corrected chi connectivity index (χ3v) is 1.02. The van der Waals surface area contributed by atoms with E-state index in [2.05, 4.69) is 0 Å². The van der Waals surface area contributed by atoms with E-state index in [1.165, 1.54) is 0 Å². The molecule has 4 heteroatoms. The topological polar surface area (TPSA) is 74.6 Å². The average Bonchev–Trinajstić information content (AvgIpc) is 1.87. The Morgan fingerprint density at radius 3 is 2.30 bits per heavy atom. The van der Waals surface area contributed by atoms with E-state index >= 15 is 0 Å². The molecule has 0 fully saturated rings. The Hall–Kier alpha value is -0.740. The third-order valence-electron chi connectivity index (χ3n) is 1.02. The molecule has 0 aliphatic rings. The first-order valence-corrected chi connectivity index (χ1v) is 2.90. The van der Waals surface area contributed by atoms with Crippen molar-refractivity contribution in [3.05, 3.63) is 0 Å². The monoisotopic (exact) mass is 146 g/mol. The number of aliphatic hydroxyl groups excluding tert-OH is 2. The van der Waals surface area contributed by atoms with Crippen LogP contribution in [0, 0.1) is 0 Å². The summed E-state index contributed by atoms with van der Waals surface area (Å²) in [5.74, 6) is -1.24. The van der Waals surface area contributed by atoms with Gasteiger partial charge >= 0.3 is 0 Å². The van der Waals surface area contributed by atoms with Crippen molar-refractivity contribution in [1.29, 1.82) is 0 Å². The summed E-state index contributed by atoms with van der Waals surface area (Å²) in [7, 11) is 0. The highest BCUT2D eigenvalue weighted by atomic mass is 16.3. The van der Waals surface area contributed by atoms with Crippen LogP contribution in [0.25, 0.3) is 0 Å². The van der Waals surface area contributed by atoms with Crippen LogP contribution in [0.1, 0.15) is 13.3 Å². The molecule has 0 spiro atoms. The van der Waals surface area contributed by atoms with Gasteiger partial charge in [-0.15, -0.1) is 0 Å². The van der Waals surface area contributed by atoms with Gasteiger partial charge in [-0.25, -0.2) is 0 Å². The van der Waals surface area contributed by atoms with Crippen molar-refractivity contribution in [2.24, 2.45) is 0 Å². The largest absolute Gasteiger partial charge is 0.394 e. The summed E-state index contributed by atoms with van der Waals surface area (Å²) in [6.07, 6.45) is -1.39. The zero-order valence-corrected chi connectivity index (χ0v) is 5.70. The summed E-state index contributed by atoms with van der Waals surface area (Å²) in [5.41, 5.74) is 0. The van der Waals surface area contributed by atoms with E-state index in [0.717, 1.165) is 6.92 Å². The number of hydrogen-bond donors (Lipinski definition) is 2. The molecule has 0 saturated carbocycles. The molecule has 58 valence electrons. The lowest BCUT2D eigenvalue weighted by Gasteiger charge is -2.02. The van der Waals surface area contributed by atoms with Crippen LogP contribution in [-0.2, 0) is 9.59 Å². The van der Waals surface area contributed by atoms with Crippen LogP contribution in [0.15, 0.2) is 0 Å². The first kappa shape index (κ1) is 9.26. The molecule has 0 saturated heterocycles. The lowest BCUT2D eigenvalue weighted by molar-refractivity contribution is -0.136. The van der Waals surface area contributed by atoms with Crippen molar-refractivity contribution in [2.75, 3.05) is 6.61 Å². The molecule has 0 aromatic carbocycles. The quantitative estimate of drug-likeness (QED) is 0.493. The molecule has 0 aliphatic heterocycles. The Morgan fingerprint density at radius 2 is 2.00 bits per heavy atom. The highest BCUT2D eigenvalue weighted by molar-refractivity contribution is 6.36. The maximum atomic E-state index is 10.5. The number of aliphatic hydroxyl groups is 2. The number of hydrogen-bond acceptors (Lipinski definition) is 4. The highest BCUT2D eigenvalue weighted by Crippen LogP contribution is 1.91. The van der Waals surface area contributed by atoms with E-state index < -0.39 is 24.3 Å². The van der Waals surface area contributed by atoms with Crippen LogP contribution in [0.3, 0.4) is 0 Å². The SMILES string of the molecule is CC(=O)C(=O)C[C@H](O)CO. The number of Topliss-reactive ketones (excluding diaryl/α,β-unsaturated/α-hetero) is 2. The van der Waals surface area contributed by atoms with Crippen molar-refractivity contribution in [3.8, 4) is 0 Å². The molecule has 0 bridgehead atoms.